The molecule has 0 fully saturated rings. The highest BCUT2D eigenvalue weighted by molar-refractivity contribution is 5.77. The van der Waals surface area contributed by atoms with E-state index in [0.29, 0.717) is 34.3 Å². The van der Waals surface area contributed by atoms with Crippen LogP contribution < -0.4 is 10.1 Å². The molecule has 0 unspecified atom stereocenters. The van der Waals surface area contributed by atoms with Crippen LogP contribution in [0.3, 0.4) is 0 Å². The number of imidazole rings is 1. The molecule has 7 heteroatoms. The zero-order valence-electron chi connectivity index (χ0n) is 10.6. The first-order chi connectivity index (χ1) is 9.81. The number of benzene rings is 1. The highest BCUT2D eigenvalue weighted by Gasteiger charge is 2.13. The highest BCUT2D eigenvalue weighted by Crippen LogP contribution is 2.28. The van der Waals surface area contributed by atoms with Gasteiger partial charge in [0.1, 0.15) is 17.3 Å². The quantitative estimate of drug-likeness (QED) is 0.752. The minimum atomic E-state index is 0.319. The normalized spacial score (nSPS) is 10.2. The summed E-state index contributed by atoms with van der Waals surface area (Å²) in [5.74, 6) is 1.15. The number of nitrogens with zero attached hydrogens (tertiary/aromatic N) is 4. The SMILES string of the molecule is CNc1nc(Oc2ccccc2C#N)c2[nH]cnc2n1. The Balaban J connectivity index is 2.10. The van der Waals surface area contributed by atoms with Crippen LogP contribution in [0.15, 0.2) is 30.6 Å². The number of rotatable bonds is 3. The van der Waals surface area contributed by atoms with E-state index in [-0.39, 0.29) is 0 Å². The first kappa shape index (κ1) is 11.9. The fraction of sp³-hybridized carbons (Fsp3) is 0.0769. The predicted octanol–water partition coefficient (Wildman–Crippen LogP) is 2.06. The van der Waals surface area contributed by atoms with Crippen molar-refractivity contribution < 1.29 is 4.74 Å². The predicted molar refractivity (Wildman–Crippen MR) is 72.5 cm³/mol. The van der Waals surface area contributed by atoms with Crippen molar-refractivity contribution in [2.24, 2.45) is 0 Å². The van der Waals surface area contributed by atoms with Crippen LogP contribution in [-0.4, -0.2) is 27.0 Å². The van der Waals surface area contributed by atoms with Gasteiger partial charge in [-0.05, 0) is 12.1 Å². The van der Waals surface area contributed by atoms with Crippen molar-refractivity contribution >= 4 is 17.1 Å². The first-order valence-corrected chi connectivity index (χ1v) is 5.87. The minimum Gasteiger partial charge on any atom is -0.435 e. The number of para-hydroxylation sites is 1. The van der Waals surface area contributed by atoms with Crippen molar-refractivity contribution in [1.29, 1.82) is 5.26 Å². The van der Waals surface area contributed by atoms with Gasteiger partial charge in [-0.3, -0.25) is 0 Å². The second kappa shape index (κ2) is 4.85. The second-order valence-corrected chi connectivity index (χ2v) is 3.91. The van der Waals surface area contributed by atoms with Gasteiger partial charge >= 0.3 is 0 Å². The monoisotopic (exact) mass is 266 g/mol. The Bertz CT molecular complexity index is 804. The van der Waals surface area contributed by atoms with Gasteiger partial charge in [0.05, 0.1) is 11.9 Å². The van der Waals surface area contributed by atoms with E-state index in [9.17, 15) is 0 Å². The Labute approximate surface area is 114 Å². The topological polar surface area (TPSA) is 99.5 Å². The van der Waals surface area contributed by atoms with Crippen LogP contribution >= 0.6 is 0 Å². The number of anilines is 1. The van der Waals surface area contributed by atoms with Crippen molar-refractivity contribution in [2.75, 3.05) is 12.4 Å². The third-order valence-corrected chi connectivity index (χ3v) is 2.69. The van der Waals surface area contributed by atoms with E-state index in [1.807, 2.05) is 0 Å². The molecule has 3 aromatic rings. The summed E-state index contributed by atoms with van der Waals surface area (Å²) in [6.07, 6.45) is 1.52. The van der Waals surface area contributed by atoms with Gasteiger partial charge in [-0.1, -0.05) is 12.1 Å². The average molecular weight is 266 g/mol. The van der Waals surface area contributed by atoms with Gasteiger partial charge in [-0.25, -0.2) is 4.98 Å². The van der Waals surface area contributed by atoms with Gasteiger partial charge in [-0.2, -0.15) is 15.2 Å². The van der Waals surface area contributed by atoms with E-state index < -0.39 is 0 Å². The molecular formula is C13H10N6O. The maximum absolute atomic E-state index is 9.08. The molecule has 0 saturated heterocycles. The van der Waals surface area contributed by atoms with E-state index in [1.54, 1.807) is 31.3 Å². The van der Waals surface area contributed by atoms with E-state index in [0.717, 1.165) is 0 Å². The summed E-state index contributed by atoms with van der Waals surface area (Å²) in [6, 6.07) is 9.03. The van der Waals surface area contributed by atoms with Crippen LogP contribution in [0.2, 0.25) is 0 Å². The van der Waals surface area contributed by atoms with E-state index in [4.69, 9.17) is 10.00 Å². The van der Waals surface area contributed by atoms with Crippen LogP contribution in [-0.2, 0) is 0 Å². The van der Waals surface area contributed by atoms with E-state index in [1.165, 1.54) is 6.33 Å². The molecule has 0 saturated carbocycles. The summed E-state index contributed by atoms with van der Waals surface area (Å²) in [4.78, 5) is 15.4. The van der Waals surface area contributed by atoms with Crippen LogP contribution in [0.5, 0.6) is 11.6 Å². The molecule has 2 heterocycles. The summed E-state index contributed by atoms with van der Waals surface area (Å²) < 4.78 is 5.73. The van der Waals surface area contributed by atoms with Crippen LogP contribution in [0.25, 0.3) is 11.2 Å². The molecule has 0 spiro atoms. The minimum absolute atomic E-state index is 0.319. The first-order valence-electron chi connectivity index (χ1n) is 5.87. The number of fused-ring (bicyclic) bond motifs is 1. The molecule has 2 aromatic heterocycles. The lowest BCUT2D eigenvalue weighted by molar-refractivity contribution is 0.466. The van der Waals surface area contributed by atoms with Crippen molar-refractivity contribution in [3.05, 3.63) is 36.2 Å². The maximum atomic E-state index is 9.08. The molecule has 3 rings (SSSR count). The summed E-state index contributed by atoms with van der Waals surface area (Å²) in [6.45, 7) is 0. The third kappa shape index (κ3) is 1.99. The highest BCUT2D eigenvalue weighted by atomic mass is 16.5. The van der Waals surface area contributed by atoms with E-state index >= 15 is 0 Å². The number of hydrogen-bond acceptors (Lipinski definition) is 6. The molecule has 0 amide bonds. The number of H-pyrrole nitrogens is 1. The summed E-state index contributed by atoms with van der Waals surface area (Å²) in [5.41, 5.74) is 1.51. The fourth-order valence-corrected chi connectivity index (χ4v) is 1.74. The molecule has 0 radical (unpaired) electrons. The lowest BCUT2D eigenvalue weighted by atomic mass is 10.2. The van der Waals surface area contributed by atoms with Crippen molar-refractivity contribution in [3.63, 3.8) is 0 Å². The Morgan fingerprint density at radius 1 is 1.30 bits per heavy atom. The number of nitrogens with one attached hydrogen (secondary N) is 2. The summed E-state index contributed by atoms with van der Waals surface area (Å²) >= 11 is 0. The van der Waals surface area contributed by atoms with Crippen molar-refractivity contribution in [2.45, 2.75) is 0 Å². The smallest absolute Gasteiger partial charge is 0.250 e. The maximum Gasteiger partial charge on any atom is 0.250 e. The standard InChI is InChI=1S/C13H10N6O/c1-15-13-18-11-10(16-7-17-11)12(19-13)20-9-5-3-2-4-8(9)6-14/h2-5,7H,1H3,(H2,15,16,17,18,19). The van der Waals surface area contributed by atoms with Gasteiger partial charge in [0.2, 0.25) is 5.95 Å². The molecule has 20 heavy (non-hydrogen) atoms. The molecule has 0 aliphatic heterocycles. The fourth-order valence-electron chi connectivity index (χ4n) is 1.74. The van der Waals surface area contributed by atoms with Gasteiger partial charge in [-0.15, -0.1) is 0 Å². The van der Waals surface area contributed by atoms with Crippen LogP contribution in [0.1, 0.15) is 5.56 Å². The molecule has 0 aliphatic carbocycles. The third-order valence-electron chi connectivity index (χ3n) is 2.69. The van der Waals surface area contributed by atoms with Crippen LogP contribution in [0, 0.1) is 11.3 Å². The second-order valence-electron chi connectivity index (χ2n) is 3.91. The van der Waals surface area contributed by atoms with Gasteiger partial charge in [0.15, 0.2) is 5.65 Å². The lowest BCUT2D eigenvalue weighted by Gasteiger charge is -2.08. The van der Waals surface area contributed by atoms with E-state index in [2.05, 4.69) is 31.3 Å². The van der Waals surface area contributed by atoms with Gasteiger partial charge in [0, 0.05) is 7.05 Å². The zero-order chi connectivity index (χ0) is 13.9. The molecular weight excluding hydrogens is 256 g/mol. The molecule has 0 bridgehead atoms. The Kier molecular flexibility index (Phi) is 2.89. The van der Waals surface area contributed by atoms with Gasteiger partial charge < -0.3 is 15.0 Å². The Hall–Kier alpha value is -3.14. The van der Waals surface area contributed by atoms with Gasteiger partial charge in [0.25, 0.3) is 5.88 Å². The summed E-state index contributed by atoms with van der Waals surface area (Å²) in [5, 5.41) is 11.9. The van der Waals surface area contributed by atoms with Crippen molar-refractivity contribution in [3.8, 4) is 17.7 Å². The molecule has 7 nitrogen and oxygen atoms in total. The number of aromatic nitrogens is 4. The van der Waals surface area contributed by atoms with Crippen LogP contribution in [0.4, 0.5) is 5.95 Å². The molecule has 0 aliphatic rings. The number of nitriles is 1. The Morgan fingerprint density at radius 3 is 2.95 bits per heavy atom. The molecule has 0 atom stereocenters. The van der Waals surface area contributed by atoms with Crippen molar-refractivity contribution in [1.82, 2.24) is 19.9 Å². The number of aromatic amines is 1. The molecule has 2 N–H and O–H groups in total. The largest absolute Gasteiger partial charge is 0.435 e. The lowest BCUT2D eigenvalue weighted by Crippen LogP contribution is -2.00. The number of hydrogen-bond donors (Lipinski definition) is 2. The number of ether oxygens (including phenoxy) is 1. The average Bonchev–Trinajstić information content (AvgIpc) is 2.96. The molecule has 98 valence electrons. The Morgan fingerprint density at radius 2 is 2.15 bits per heavy atom. The zero-order valence-corrected chi connectivity index (χ0v) is 10.6. The summed E-state index contributed by atoms with van der Waals surface area (Å²) in [7, 11) is 1.71. The molecule has 1 aromatic carbocycles.